The van der Waals surface area contributed by atoms with Crippen molar-refractivity contribution >= 4 is 0 Å². The highest BCUT2D eigenvalue weighted by Gasteiger charge is 2.30. The molecule has 1 aromatic carbocycles. The third-order valence-corrected chi connectivity index (χ3v) is 2.89. The Labute approximate surface area is 101 Å². The van der Waals surface area contributed by atoms with Gasteiger partial charge in [0.25, 0.3) is 0 Å². The van der Waals surface area contributed by atoms with E-state index in [4.69, 9.17) is 0 Å². The van der Waals surface area contributed by atoms with Gasteiger partial charge in [-0.15, -0.1) is 0 Å². The summed E-state index contributed by atoms with van der Waals surface area (Å²) in [6.45, 7) is 6.41. The highest BCUT2D eigenvalue weighted by molar-refractivity contribution is 5.25. The van der Waals surface area contributed by atoms with Crippen LogP contribution in [0.1, 0.15) is 44.7 Å². The molecule has 1 aromatic rings. The lowest BCUT2D eigenvalue weighted by Gasteiger charge is -2.24. The van der Waals surface area contributed by atoms with Gasteiger partial charge in [-0.25, -0.2) is 0 Å². The van der Waals surface area contributed by atoms with Crippen LogP contribution < -0.4 is 0 Å². The van der Waals surface area contributed by atoms with E-state index in [1.807, 2.05) is 0 Å². The van der Waals surface area contributed by atoms with Gasteiger partial charge in [-0.2, -0.15) is 13.2 Å². The first kappa shape index (κ1) is 14.1. The molecule has 3 heteroatoms. The molecule has 0 unspecified atom stereocenters. The summed E-state index contributed by atoms with van der Waals surface area (Å²) in [6.07, 6.45) is -1.25. The van der Waals surface area contributed by atoms with Crippen molar-refractivity contribution in [3.63, 3.8) is 0 Å². The van der Waals surface area contributed by atoms with Crippen LogP contribution in [-0.2, 0) is 12.6 Å². The van der Waals surface area contributed by atoms with Gasteiger partial charge in [-0.3, -0.25) is 0 Å². The summed E-state index contributed by atoms with van der Waals surface area (Å²) in [6, 6.07) is 5.50. The smallest absolute Gasteiger partial charge is 0.166 e. The second-order valence-electron chi connectivity index (χ2n) is 5.29. The molecule has 0 aliphatic carbocycles. The van der Waals surface area contributed by atoms with E-state index in [9.17, 15) is 13.2 Å². The van der Waals surface area contributed by atoms with E-state index >= 15 is 0 Å². The molecule has 0 nitrogen and oxygen atoms in total. The molecule has 0 saturated heterocycles. The Balaban J connectivity index is 2.75. The Morgan fingerprint density at radius 1 is 1.00 bits per heavy atom. The lowest BCUT2D eigenvalue weighted by Crippen LogP contribution is -2.14. The minimum Gasteiger partial charge on any atom is -0.166 e. The molecular weight excluding hydrogens is 225 g/mol. The predicted octanol–water partition coefficient (Wildman–Crippen LogP) is 5.07. The van der Waals surface area contributed by atoms with E-state index in [0.29, 0.717) is 0 Å². The highest BCUT2D eigenvalue weighted by atomic mass is 19.4. The maximum absolute atomic E-state index is 12.4. The molecule has 0 amide bonds. The van der Waals surface area contributed by atoms with Crippen LogP contribution in [0.25, 0.3) is 0 Å². The van der Waals surface area contributed by atoms with Crippen LogP contribution in [0.4, 0.5) is 13.2 Å². The fraction of sp³-hybridized carbons (Fsp3) is 0.571. The summed E-state index contributed by atoms with van der Waals surface area (Å²) in [7, 11) is 0. The van der Waals surface area contributed by atoms with Gasteiger partial charge in [0.1, 0.15) is 0 Å². The first-order valence-corrected chi connectivity index (χ1v) is 5.91. The number of hydrogen-bond acceptors (Lipinski definition) is 0. The number of rotatable bonds is 4. The third kappa shape index (κ3) is 4.41. The Morgan fingerprint density at radius 2 is 1.53 bits per heavy atom. The van der Waals surface area contributed by atoms with Crippen LogP contribution in [0.2, 0.25) is 0 Å². The van der Waals surface area contributed by atoms with E-state index in [1.54, 1.807) is 12.1 Å². The van der Waals surface area contributed by atoms with E-state index in [2.05, 4.69) is 20.8 Å². The van der Waals surface area contributed by atoms with E-state index in [0.717, 1.165) is 37.0 Å². The Morgan fingerprint density at radius 3 is 1.94 bits per heavy atom. The van der Waals surface area contributed by atoms with Crippen LogP contribution >= 0.6 is 0 Å². The first-order chi connectivity index (χ1) is 7.74. The summed E-state index contributed by atoms with van der Waals surface area (Å²) < 4.78 is 37.1. The highest BCUT2D eigenvalue weighted by Crippen LogP contribution is 2.31. The topological polar surface area (TPSA) is 0 Å². The van der Waals surface area contributed by atoms with Crippen molar-refractivity contribution < 1.29 is 13.2 Å². The lowest BCUT2D eigenvalue weighted by atomic mass is 9.82. The zero-order valence-electron chi connectivity index (χ0n) is 10.6. The minimum atomic E-state index is -4.24. The average molecular weight is 244 g/mol. The molecule has 0 radical (unpaired) electrons. The molecule has 0 aliphatic rings. The number of hydrogen-bond donors (Lipinski definition) is 0. The van der Waals surface area contributed by atoms with Crippen molar-refractivity contribution in [1.82, 2.24) is 0 Å². The van der Waals surface area contributed by atoms with Crippen molar-refractivity contribution in [2.45, 2.75) is 46.2 Å². The van der Waals surface area contributed by atoms with Crippen LogP contribution in [-0.4, -0.2) is 0 Å². The zero-order valence-corrected chi connectivity index (χ0v) is 10.6. The standard InChI is InChI=1S/C14H19F3/c1-4-9-13(2,3)10-11-5-7-12(8-6-11)14(15,16)17/h5-8H,4,9-10H2,1-3H3. The van der Waals surface area contributed by atoms with E-state index in [1.165, 1.54) is 0 Å². The molecule has 0 heterocycles. The van der Waals surface area contributed by atoms with E-state index in [-0.39, 0.29) is 5.41 Å². The molecular formula is C14H19F3. The molecule has 1 rings (SSSR count). The second-order valence-corrected chi connectivity index (χ2v) is 5.29. The fourth-order valence-corrected chi connectivity index (χ4v) is 2.13. The van der Waals surface area contributed by atoms with Crippen molar-refractivity contribution in [2.24, 2.45) is 5.41 Å². The zero-order chi connectivity index (χ0) is 13.1. The largest absolute Gasteiger partial charge is 0.416 e. The summed E-state index contributed by atoms with van der Waals surface area (Å²) >= 11 is 0. The summed E-state index contributed by atoms with van der Waals surface area (Å²) in [4.78, 5) is 0. The molecule has 0 saturated carbocycles. The first-order valence-electron chi connectivity index (χ1n) is 5.91. The van der Waals surface area contributed by atoms with Crippen molar-refractivity contribution in [1.29, 1.82) is 0 Å². The van der Waals surface area contributed by atoms with Gasteiger partial charge >= 0.3 is 6.18 Å². The molecule has 17 heavy (non-hydrogen) atoms. The van der Waals surface area contributed by atoms with Crippen LogP contribution in [0.3, 0.4) is 0 Å². The summed E-state index contributed by atoms with van der Waals surface area (Å²) in [5.74, 6) is 0. The lowest BCUT2D eigenvalue weighted by molar-refractivity contribution is -0.137. The van der Waals surface area contributed by atoms with Crippen LogP contribution in [0.5, 0.6) is 0 Å². The average Bonchev–Trinajstić information content (AvgIpc) is 2.16. The summed E-state index contributed by atoms with van der Waals surface area (Å²) in [5, 5.41) is 0. The van der Waals surface area contributed by atoms with Crippen molar-refractivity contribution in [3.05, 3.63) is 35.4 Å². The second kappa shape index (κ2) is 5.11. The van der Waals surface area contributed by atoms with Crippen LogP contribution in [0.15, 0.2) is 24.3 Å². The van der Waals surface area contributed by atoms with Gasteiger partial charge in [-0.05, 0) is 36.0 Å². The Kier molecular flexibility index (Phi) is 4.23. The SMILES string of the molecule is CCCC(C)(C)Cc1ccc(C(F)(F)F)cc1. The summed E-state index contributed by atoms with van der Waals surface area (Å²) in [5.41, 5.74) is 0.542. The Hall–Kier alpha value is -0.990. The molecule has 0 aliphatic heterocycles. The molecule has 0 spiro atoms. The molecule has 96 valence electrons. The molecule has 0 atom stereocenters. The van der Waals surface area contributed by atoms with Gasteiger partial charge in [0.05, 0.1) is 5.56 Å². The monoisotopic (exact) mass is 244 g/mol. The van der Waals surface area contributed by atoms with Gasteiger partial charge in [-0.1, -0.05) is 39.3 Å². The van der Waals surface area contributed by atoms with Gasteiger partial charge in [0.2, 0.25) is 0 Å². The maximum Gasteiger partial charge on any atom is 0.416 e. The van der Waals surface area contributed by atoms with Gasteiger partial charge < -0.3 is 0 Å². The van der Waals surface area contributed by atoms with E-state index < -0.39 is 11.7 Å². The van der Waals surface area contributed by atoms with Gasteiger partial charge in [0, 0.05) is 0 Å². The molecule has 0 bridgehead atoms. The number of halogens is 3. The quantitative estimate of drug-likeness (QED) is 0.693. The normalized spacial score (nSPS) is 12.8. The third-order valence-electron chi connectivity index (χ3n) is 2.89. The molecule has 0 N–H and O–H groups in total. The fourth-order valence-electron chi connectivity index (χ4n) is 2.13. The minimum absolute atomic E-state index is 0.147. The molecule has 0 aromatic heterocycles. The number of alkyl halides is 3. The van der Waals surface area contributed by atoms with Crippen molar-refractivity contribution in [3.8, 4) is 0 Å². The number of benzene rings is 1. The Bertz CT molecular complexity index is 347. The molecule has 0 fully saturated rings. The van der Waals surface area contributed by atoms with Crippen molar-refractivity contribution in [2.75, 3.05) is 0 Å². The van der Waals surface area contributed by atoms with Crippen LogP contribution in [0, 0.1) is 5.41 Å². The van der Waals surface area contributed by atoms with Gasteiger partial charge in [0.15, 0.2) is 0 Å². The maximum atomic E-state index is 12.4. The predicted molar refractivity (Wildman–Crippen MR) is 63.8 cm³/mol.